The molecule has 0 aliphatic heterocycles. The van der Waals surface area contributed by atoms with E-state index in [9.17, 15) is 8.78 Å². The van der Waals surface area contributed by atoms with E-state index in [1.54, 1.807) is 0 Å². The molecule has 0 spiro atoms. The van der Waals surface area contributed by atoms with Gasteiger partial charge >= 0.3 is 0 Å². The summed E-state index contributed by atoms with van der Waals surface area (Å²) >= 11 is 11.8. The molecule has 0 fully saturated rings. The molecule has 2 aromatic rings. The Morgan fingerprint density at radius 3 is 2.06 bits per heavy atom. The number of alkyl halides is 1. The fraction of sp³-hybridized carbons (Fsp3) is 0.0909. The topological polar surface area (TPSA) is 0 Å². The lowest BCUT2D eigenvalue weighted by atomic mass is 10.1. The van der Waals surface area contributed by atoms with Crippen molar-refractivity contribution in [2.75, 3.05) is 0 Å². The first-order chi connectivity index (χ1) is 7.97. The highest BCUT2D eigenvalue weighted by Crippen LogP contribution is 2.41. The summed E-state index contributed by atoms with van der Waals surface area (Å²) in [5, 5.41) is 0. The summed E-state index contributed by atoms with van der Waals surface area (Å²) in [6, 6.07) is 5.42. The van der Waals surface area contributed by atoms with Gasteiger partial charge in [-0.15, -0.1) is 11.3 Å². The van der Waals surface area contributed by atoms with Crippen LogP contribution < -0.4 is 0 Å². The Balaban J connectivity index is 2.43. The van der Waals surface area contributed by atoms with Crippen molar-refractivity contribution in [2.45, 2.75) is 4.83 Å². The van der Waals surface area contributed by atoms with Crippen LogP contribution in [0, 0.1) is 11.6 Å². The van der Waals surface area contributed by atoms with E-state index in [0.717, 1.165) is 19.2 Å². The average Bonchev–Trinajstić information content (AvgIpc) is 2.55. The van der Waals surface area contributed by atoms with Gasteiger partial charge in [-0.3, -0.25) is 0 Å². The van der Waals surface area contributed by atoms with Gasteiger partial charge in [-0.05, 0) is 61.2 Å². The van der Waals surface area contributed by atoms with Gasteiger partial charge in [0.05, 0.1) is 12.4 Å². The van der Waals surface area contributed by atoms with Gasteiger partial charge in [0.1, 0.15) is 11.6 Å². The fourth-order valence-corrected chi connectivity index (χ4v) is 5.41. The zero-order chi connectivity index (χ0) is 12.6. The molecule has 1 aromatic heterocycles. The molecule has 0 aliphatic carbocycles. The van der Waals surface area contributed by atoms with Crippen molar-refractivity contribution in [3.8, 4) is 0 Å². The van der Waals surface area contributed by atoms with Crippen molar-refractivity contribution in [2.24, 2.45) is 0 Å². The molecule has 0 saturated heterocycles. The summed E-state index contributed by atoms with van der Waals surface area (Å²) in [5.74, 6) is -1.15. The van der Waals surface area contributed by atoms with E-state index < -0.39 is 11.6 Å². The van der Waals surface area contributed by atoms with Gasteiger partial charge in [0, 0.05) is 6.07 Å². The molecule has 1 atom stereocenters. The van der Waals surface area contributed by atoms with E-state index in [1.807, 2.05) is 6.07 Å². The number of hydrogen-bond acceptors (Lipinski definition) is 1. The quantitative estimate of drug-likeness (QED) is 0.494. The van der Waals surface area contributed by atoms with Crippen molar-refractivity contribution in [3.05, 3.63) is 54.6 Å². The first-order valence-electron chi connectivity index (χ1n) is 4.52. The Hall–Kier alpha value is 0.220. The number of hydrogen-bond donors (Lipinski definition) is 0. The van der Waals surface area contributed by atoms with E-state index >= 15 is 0 Å². The molecule has 0 bridgehead atoms. The summed E-state index contributed by atoms with van der Waals surface area (Å²) in [6.45, 7) is 0. The molecule has 0 saturated carbocycles. The van der Waals surface area contributed by atoms with Crippen LogP contribution in [0.2, 0.25) is 0 Å². The smallest absolute Gasteiger partial charge is 0.126 e. The largest absolute Gasteiger partial charge is 0.207 e. The van der Waals surface area contributed by atoms with E-state index in [1.165, 1.54) is 23.5 Å². The SMILES string of the molecule is Fc1cc(F)cc(C(Br)c2cc(Br)sc2Br)c1. The molecule has 0 radical (unpaired) electrons. The van der Waals surface area contributed by atoms with Crippen molar-refractivity contribution < 1.29 is 8.78 Å². The third-order valence-electron chi connectivity index (χ3n) is 2.13. The van der Waals surface area contributed by atoms with Crippen LogP contribution in [0.5, 0.6) is 0 Å². The highest BCUT2D eigenvalue weighted by atomic mass is 79.9. The number of benzene rings is 1. The molecule has 1 heterocycles. The van der Waals surface area contributed by atoms with Crippen LogP contribution in [0.3, 0.4) is 0 Å². The van der Waals surface area contributed by atoms with Crippen LogP contribution in [0.1, 0.15) is 16.0 Å². The standard InChI is InChI=1S/C11H5Br3F2S/c12-9-4-8(11(14)17-9)10(13)5-1-6(15)3-7(16)2-5/h1-4,10H. The van der Waals surface area contributed by atoms with Gasteiger partial charge in [-0.1, -0.05) is 15.9 Å². The lowest BCUT2D eigenvalue weighted by Gasteiger charge is -2.09. The zero-order valence-corrected chi connectivity index (χ0v) is 13.8. The molecular weight excluding hydrogens is 442 g/mol. The van der Waals surface area contributed by atoms with E-state index in [0.29, 0.717) is 5.56 Å². The Bertz CT molecular complexity index is 533. The lowest BCUT2D eigenvalue weighted by molar-refractivity contribution is 0.580. The van der Waals surface area contributed by atoms with Crippen LogP contribution in [0.4, 0.5) is 8.78 Å². The molecule has 0 amide bonds. The van der Waals surface area contributed by atoms with Gasteiger partial charge < -0.3 is 0 Å². The van der Waals surface area contributed by atoms with Gasteiger partial charge in [0.15, 0.2) is 0 Å². The molecule has 1 unspecified atom stereocenters. The van der Waals surface area contributed by atoms with Crippen LogP contribution in [-0.4, -0.2) is 0 Å². The maximum absolute atomic E-state index is 13.1. The summed E-state index contributed by atoms with van der Waals surface area (Å²) in [7, 11) is 0. The normalized spacial score (nSPS) is 12.8. The molecule has 1 aromatic carbocycles. The third kappa shape index (κ3) is 3.16. The second-order valence-electron chi connectivity index (χ2n) is 3.34. The van der Waals surface area contributed by atoms with Crippen molar-refractivity contribution in [3.63, 3.8) is 0 Å². The molecule has 0 N–H and O–H groups in total. The first-order valence-corrected chi connectivity index (χ1v) is 7.84. The van der Waals surface area contributed by atoms with Gasteiger partial charge in [0.2, 0.25) is 0 Å². The van der Waals surface area contributed by atoms with Gasteiger partial charge in [-0.2, -0.15) is 0 Å². The number of thiophene rings is 1. The summed E-state index contributed by atoms with van der Waals surface area (Å²) in [4.78, 5) is -0.246. The van der Waals surface area contributed by atoms with Gasteiger partial charge in [-0.25, -0.2) is 8.78 Å². The number of rotatable bonds is 2. The van der Waals surface area contributed by atoms with Crippen LogP contribution in [0.15, 0.2) is 31.8 Å². The Morgan fingerprint density at radius 2 is 1.59 bits per heavy atom. The van der Waals surface area contributed by atoms with E-state index in [4.69, 9.17) is 0 Å². The van der Waals surface area contributed by atoms with E-state index in [-0.39, 0.29) is 4.83 Å². The Labute approximate surface area is 126 Å². The summed E-state index contributed by atoms with van der Waals surface area (Å²) in [6.07, 6.45) is 0. The van der Waals surface area contributed by atoms with Crippen LogP contribution in [0.25, 0.3) is 0 Å². The molecule has 0 aliphatic rings. The van der Waals surface area contributed by atoms with Crippen molar-refractivity contribution in [1.29, 1.82) is 0 Å². The molecule has 0 nitrogen and oxygen atoms in total. The Morgan fingerprint density at radius 1 is 1.00 bits per heavy atom. The fourth-order valence-electron chi connectivity index (χ4n) is 1.43. The van der Waals surface area contributed by atoms with Crippen LogP contribution >= 0.6 is 59.1 Å². The highest BCUT2D eigenvalue weighted by Gasteiger charge is 2.17. The van der Waals surface area contributed by atoms with Crippen molar-refractivity contribution >= 4 is 59.1 Å². The lowest BCUT2D eigenvalue weighted by Crippen LogP contribution is -1.94. The second kappa shape index (κ2) is 5.47. The minimum absolute atomic E-state index is 0.246. The maximum atomic E-state index is 13.1. The first kappa shape index (κ1) is 13.6. The van der Waals surface area contributed by atoms with Crippen molar-refractivity contribution in [1.82, 2.24) is 0 Å². The zero-order valence-electron chi connectivity index (χ0n) is 8.18. The predicted molar refractivity (Wildman–Crippen MR) is 76.8 cm³/mol. The van der Waals surface area contributed by atoms with Gasteiger partial charge in [0.25, 0.3) is 0 Å². The highest BCUT2D eigenvalue weighted by molar-refractivity contribution is 9.12. The number of halogens is 5. The molecule has 17 heavy (non-hydrogen) atoms. The molecule has 90 valence electrons. The summed E-state index contributed by atoms with van der Waals surface area (Å²) in [5.41, 5.74) is 1.49. The second-order valence-corrected chi connectivity index (χ2v) is 8.01. The average molecular weight is 447 g/mol. The minimum atomic E-state index is -0.574. The minimum Gasteiger partial charge on any atom is -0.207 e. The molecule has 6 heteroatoms. The van der Waals surface area contributed by atoms with E-state index in [2.05, 4.69) is 47.8 Å². The maximum Gasteiger partial charge on any atom is 0.126 e. The summed E-state index contributed by atoms with van der Waals surface area (Å²) < 4.78 is 28.1. The monoisotopic (exact) mass is 444 g/mol. The molecular formula is C11H5Br3F2S. The predicted octanol–water partition coefficient (Wildman–Crippen LogP) is 6.04. The molecule has 2 rings (SSSR count). The van der Waals surface area contributed by atoms with Crippen LogP contribution in [-0.2, 0) is 0 Å². The Kier molecular flexibility index (Phi) is 4.39. The third-order valence-corrected chi connectivity index (χ3v) is 5.54.